The first-order chi connectivity index (χ1) is 15.0. The number of hydrogen-bond acceptors (Lipinski definition) is 3. The largest absolute Gasteiger partial charge is 0.338 e. The molecule has 156 valence electrons. The lowest BCUT2D eigenvalue weighted by Crippen LogP contribution is -3.06. The Balaban J connectivity index is 1.80. The smallest absolute Gasteiger partial charge is 0.279 e. The van der Waals surface area contributed by atoms with Crippen molar-refractivity contribution in [2.75, 3.05) is 20.6 Å². The Hall–Kier alpha value is -3.77. The van der Waals surface area contributed by atoms with Gasteiger partial charge in [0, 0.05) is 5.39 Å². The molecule has 0 spiro atoms. The van der Waals surface area contributed by atoms with Crippen LogP contribution in [0.1, 0.15) is 22.1 Å². The molecule has 31 heavy (non-hydrogen) atoms. The van der Waals surface area contributed by atoms with Crippen molar-refractivity contribution in [2.24, 2.45) is 0 Å². The van der Waals surface area contributed by atoms with E-state index in [1.807, 2.05) is 68.7 Å². The van der Waals surface area contributed by atoms with Crippen LogP contribution in [0.2, 0.25) is 0 Å². The van der Waals surface area contributed by atoms with Crippen LogP contribution < -0.4 is 15.8 Å². The number of rotatable bonds is 6. The van der Waals surface area contributed by atoms with Crippen LogP contribution in [0.4, 0.5) is 0 Å². The molecule has 0 saturated heterocycles. The van der Waals surface area contributed by atoms with Crippen LogP contribution >= 0.6 is 0 Å². The van der Waals surface area contributed by atoms with E-state index in [0.717, 1.165) is 5.56 Å². The lowest BCUT2D eigenvalue weighted by atomic mass is 10.1. The van der Waals surface area contributed by atoms with Crippen LogP contribution in [0, 0.1) is 0 Å². The van der Waals surface area contributed by atoms with Gasteiger partial charge in [0.15, 0.2) is 5.69 Å². The molecule has 4 rings (SSSR count). The molecule has 2 N–H and O–H groups in total. The third kappa shape index (κ3) is 4.39. The highest BCUT2D eigenvalue weighted by Crippen LogP contribution is 2.17. The molecule has 3 aromatic carbocycles. The van der Waals surface area contributed by atoms with Gasteiger partial charge in [0.05, 0.1) is 25.2 Å². The average molecular weight is 414 g/mol. The molecule has 0 radical (unpaired) electrons. The summed E-state index contributed by atoms with van der Waals surface area (Å²) >= 11 is 0. The normalized spacial score (nSPS) is 12.1. The number of carbonyl (C=O) groups excluding carboxylic acids is 1. The molecule has 1 atom stereocenters. The zero-order valence-electron chi connectivity index (χ0n) is 17.6. The molecule has 0 aliphatic carbocycles. The summed E-state index contributed by atoms with van der Waals surface area (Å²) in [6.07, 6.45) is 0. The fraction of sp³-hybridized carbons (Fsp3) is 0.160. The zero-order chi connectivity index (χ0) is 21.8. The molecule has 6 nitrogen and oxygen atoms in total. The van der Waals surface area contributed by atoms with E-state index < -0.39 is 0 Å². The van der Waals surface area contributed by atoms with Gasteiger partial charge in [-0.15, -0.1) is 0 Å². The van der Waals surface area contributed by atoms with Gasteiger partial charge in [-0.3, -0.25) is 9.59 Å². The van der Waals surface area contributed by atoms with Gasteiger partial charge < -0.3 is 10.2 Å². The molecule has 0 aliphatic rings. The summed E-state index contributed by atoms with van der Waals surface area (Å²) < 4.78 is 1.30. The number of nitrogens with zero attached hydrogens (tertiary/aromatic N) is 2. The number of nitrogens with one attached hydrogen (secondary N) is 2. The maximum atomic E-state index is 13.4. The van der Waals surface area contributed by atoms with Crippen molar-refractivity contribution in [3.8, 4) is 5.69 Å². The van der Waals surface area contributed by atoms with Crippen LogP contribution in [-0.2, 0) is 0 Å². The minimum absolute atomic E-state index is 0.184. The summed E-state index contributed by atoms with van der Waals surface area (Å²) in [5.41, 5.74) is 1.62. The van der Waals surface area contributed by atoms with Gasteiger partial charge in [-0.25, -0.2) is 0 Å². The van der Waals surface area contributed by atoms with Crippen molar-refractivity contribution >= 4 is 16.7 Å². The fourth-order valence-corrected chi connectivity index (χ4v) is 3.67. The molecule has 6 heteroatoms. The maximum Gasteiger partial charge on any atom is 0.279 e. The number of quaternary nitrogens is 1. The minimum Gasteiger partial charge on any atom is -0.338 e. The van der Waals surface area contributed by atoms with Crippen LogP contribution in [0.5, 0.6) is 0 Å². The van der Waals surface area contributed by atoms with E-state index in [1.54, 1.807) is 30.3 Å². The van der Waals surface area contributed by atoms with Crippen LogP contribution in [-0.4, -0.2) is 36.3 Å². The Kier molecular flexibility index (Phi) is 5.91. The van der Waals surface area contributed by atoms with Gasteiger partial charge in [0.1, 0.15) is 12.6 Å². The van der Waals surface area contributed by atoms with E-state index in [0.29, 0.717) is 23.0 Å². The monoisotopic (exact) mass is 413 g/mol. The Labute approximate surface area is 180 Å². The second kappa shape index (κ2) is 8.93. The van der Waals surface area contributed by atoms with Gasteiger partial charge in [-0.1, -0.05) is 66.7 Å². The second-order valence-corrected chi connectivity index (χ2v) is 7.79. The third-order valence-corrected chi connectivity index (χ3v) is 5.14. The van der Waals surface area contributed by atoms with E-state index in [-0.39, 0.29) is 23.2 Å². The summed E-state index contributed by atoms with van der Waals surface area (Å²) in [5.74, 6) is -0.309. The standard InChI is InChI=1S/C25H24N4O2/c1-28(2)17-22(18-11-5-3-6-12-18)26-24(30)23-20-15-9-10-16-21(20)25(31)29(27-23)19-13-7-4-8-14-19/h3-16,22H,17H2,1-2H3,(H,26,30)/p+1/t22-/m0/s1. The predicted octanol–water partition coefficient (Wildman–Crippen LogP) is 2.00. The van der Waals surface area contributed by atoms with Gasteiger partial charge in [-0.2, -0.15) is 9.78 Å². The molecule has 0 unspecified atom stereocenters. The van der Waals surface area contributed by atoms with Gasteiger partial charge in [0.2, 0.25) is 0 Å². The van der Waals surface area contributed by atoms with Gasteiger partial charge in [-0.05, 0) is 23.8 Å². The number of amides is 1. The third-order valence-electron chi connectivity index (χ3n) is 5.14. The molecule has 1 aromatic heterocycles. The first kappa shape index (κ1) is 20.5. The SMILES string of the molecule is C[NH+](C)C[C@H](NC(=O)c1nn(-c2ccccc2)c(=O)c2ccccc12)c1ccccc1. The molecular formula is C25H25N4O2+. The van der Waals surface area contributed by atoms with Gasteiger partial charge >= 0.3 is 0 Å². The zero-order valence-corrected chi connectivity index (χ0v) is 17.6. The van der Waals surface area contributed by atoms with E-state index in [1.165, 1.54) is 9.58 Å². The number of hydrogen-bond donors (Lipinski definition) is 2. The first-order valence-electron chi connectivity index (χ1n) is 10.3. The Morgan fingerprint density at radius 2 is 1.48 bits per heavy atom. The number of aromatic nitrogens is 2. The average Bonchev–Trinajstić information content (AvgIpc) is 2.80. The maximum absolute atomic E-state index is 13.4. The van der Waals surface area contributed by atoms with Crippen molar-refractivity contribution in [1.29, 1.82) is 0 Å². The molecule has 4 aromatic rings. The number of para-hydroxylation sites is 1. The van der Waals surface area contributed by atoms with Crippen molar-refractivity contribution in [3.63, 3.8) is 0 Å². The van der Waals surface area contributed by atoms with Crippen LogP contribution in [0.15, 0.2) is 89.7 Å². The fourth-order valence-electron chi connectivity index (χ4n) is 3.67. The summed E-state index contributed by atoms with van der Waals surface area (Å²) in [6, 6.07) is 25.9. The topological polar surface area (TPSA) is 68.4 Å². The van der Waals surface area contributed by atoms with E-state index in [9.17, 15) is 9.59 Å². The summed E-state index contributed by atoms with van der Waals surface area (Å²) in [7, 11) is 4.09. The highest BCUT2D eigenvalue weighted by atomic mass is 16.2. The quantitative estimate of drug-likeness (QED) is 0.508. The Morgan fingerprint density at radius 3 is 2.13 bits per heavy atom. The first-order valence-corrected chi connectivity index (χ1v) is 10.3. The molecule has 0 bridgehead atoms. The molecular weight excluding hydrogens is 388 g/mol. The summed E-state index contributed by atoms with van der Waals surface area (Å²) in [6.45, 7) is 0.714. The molecule has 0 fully saturated rings. The number of likely N-dealkylation sites (N-methyl/N-ethyl adjacent to an activating group) is 1. The Morgan fingerprint density at radius 1 is 0.903 bits per heavy atom. The highest BCUT2D eigenvalue weighted by molar-refractivity contribution is 6.05. The summed E-state index contributed by atoms with van der Waals surface area (Å²) in [5, 5.41) is 8.62. The van der Waals surface area contributed by atoms with Crippen molar-refractivity contribution in [3.05, 3.63) is 107 Å². The van der Waals surface area contributed by atoms with Gasteiger partial charge in [0.25, 0.3) is 11.5 Å². The van der Waals surface area contributed by atoms with Crippen molar-refractivity contribution in [1.82, 2.24) is 15.1 Å². The van der Waals surface area contributed by atoms with Crippen molar-refractivity contribution in [2.45, 2.75) is 6.04 Å². The van der Waals surface area contributed by atoms with E-state index in [2.05, 4.69) is 10.4 Å². The van der Waals surface area contributed by atoms with Crippen molar-refractivity contribution < 1.29 is 9.69 Å². The minimum atomic E-state index is -0.309. The van der Waals surface area contributed by atoms with Crippen LogP contribution in [0.3, 0.4) is 0 Å². The van der Waals surface area contributed by atoms with E-state index >= 15 is 0 Å². The lowest BCUT2D eigenvalue weighted by molar-refractivity contribution is -0.860. The summed E-state index contributed by atoms with van der Waals surface area (Å²) in [4.78, 5) is 27.7. The molecule has 0 aliphatic heterocycles. The predicted molar refractivity (Wildman–Crippen MR) is 122 cm³/mol. The molecule has 0 saturated carbocycles. The molecule has 1 heterocycles. The number of fused-ring (bicyclic) bond motifs is 1. The Bertz CT molecular complexity index is 1250. The second-order valence-electron chi connectivity index (χ2n) is 7.79. The molecule has 1 amide bonds. The lowest BCUT2D eigenvalue weighted by Gasteiger charge is -2.21. The van der Waals surface area contributed by atoms with Crippen LogP contribution in [0.25, 0.3) is 16.5 Å². The van der Waals surface area contributed by atoms with E-state index in [4.69, 9.17) is 0 Å². The highest BCUT2D eigenvalue weighted by Gasteiger charge is 2.22. The number of carbonyl (C=O) groups is 1. The number of benzene rings is 3.